The second kappa shape index (κ2) is 12.7. The fraction of sp³-hybridized carbons (Fsp3) is 0.212. The Morgan fingerprint density at radius 3 is 2.45 bits per heavy atom. The number of ether oxygens (including phenoxy) is 3. The predicted octanol–water partition coefficient (Wildman–Crippen LogP) is 4.65. The van der Waals surface area contributed by atoms with Crippen molar-refractivity contribution >= 4 is 23.4 Å². The van der Waals surface area contributed by atoms with E-state index in [-0.39, 0.29) is 12.2 Å². The third-order valence-electron chi connectivity index (χ3n) is 6.71. The lowest BCUT2D eigenvalue weighted by Crippen LogP contribution is -2.39. The number of fused-ring (bicyclic) bond motifs is 1. The van der Waals surface area contributed by atoms with Crippen LogP contribution in [0.2, 0.25) is 0 Å². The van der Waals surface area contributed by atoms with Crippen molar-refractivity contribution in [3.63, 3.8) is 0 Å². The maximum absolute atomic E-state index is 14.0. The van der Waals surface area contributed by atoms with Crippen LogP contribution in [0.4, 0.5) is 0 Å². The van der Waals surface area contributed by atoms with Crippen molar-refractivity contribution in [2.24, 2.45) is 4.99 Å². The molecular formula is C33H29N3O5S. The molecule has 0 saturated heterocycles. The number of nitriles is 1. The molecule has 0 spiro atoms. The van der Waals surface area contributed by atoms with Crippen molar-refractivity contribution in [2.75, 3.05) is 13.2 Å². The molecular weight excluding hydrogens is 550 g/mol. The molecule has 0 unspecified atom stereocenters. The van der Waals surface area contributed by atoms with Gasteiger partial charge < -0.3 is 14.2 Å². The number of hydrogen-bond acceptors (Lipinski definition) is 8. The van der Waals surface area contributed by atoms with Gasteiger partial charge in [-0.1, -0.05) is 53.8 Å². The van der Waals surface area contributed by atoms with Gasteiger partial charge in [0, 0.05) is 5.56 Å². The monoisotopic (exact) mass is 579 g/mol. The lowest BCUT2D eigenvalue weighted by atomic mass is 9.96. The van der Waals surface area contributed by atoms with Crippen LogP contribution < -0.4 is 24.4 Å². The SMILES string of the molecule is CCOC(=O)C1=C(C)N=c2s/c(=C\c3ccccc3OCc3ccc(C#N)cc3)c(=O)n2[C@@H]1c1ccc(OCC)cc1. The number of rotatable bonds is 9. The first kappa shape index (κ1) is 28.6. The summed E-state index contributed by atoms with van der Waals surface area (Å²) in [4.78, 5) is 32.2. The Bertz CT molecular complexity index is 1860. The number of thiazole rings is 1. The summed E-state index contributed by atoms with van der Waals surface area (Å²) in [6.45, 7) is 6.45. The number of para-hydroxylation sites is 1. The van der Waals surface area contributed by atoms with E-state index in [0.29, 0.717) is 50.9 Å². The van der Waals surface area contributed by atoms with Gasteiger partial charge in [0.1, 0.15) is 18.1 Å². The van der Waals surface area contributed by atoms with E-state index in [9.17, 15) is 9.59 Å². The normalized spacial score (nSPS) is 14.5. The Hall–Kier alpha value is -4.94. The number of esters is 1. The second-order valence-electron chi connectivity index (χ2n) is 9.44. The molecule has 9 heteroatoms. The molecule has 1 aliphatic heterocycles. The first-order valence-electron chi connectivity index (χ1n) is 13.6. The molecule has 0 radical (unpaired) electrons. The van der Waals surface area contributed by atoms with Gasteiger partial charge in [0.2, 0.25) is 0 Å². The summed E-state index contributed by atoms with van der Waals surface area (Å²) in [7, 11) is 0. The van der Waals surface area contributed by atoms with Crippen LogP contribution in [-0.2, 0) is 16.1 Å². The third-order valence-corrected chi connectivity index (χ3v) is 7.69. The highest BCUT2D eigenvalue weighted by molar-refractivity contribution is 7.07. The average Bonchev–Trinajstić information content (AvgIpc) is 3.30. The molecule has 1 atom stereocenters. The molecule has 1 aromatic heterocycles. The van der Waals surface area contributed by atoms with E-state index in [1.54, 1.807) is 36.6 Å². The Morgan fingerprint density at radius 2 is 1.76 bits per heavy atom. The fourth-order valence-electron chi connectivity index (χ4n) is 4.73. The highest BCUT2D eigenvalue weighted by Crippen LogP contribution is 2.31. The van der Waals surface area contributed by atoms with E-state index in [1.807, 2.05) is 67.6 Å². The van der Waals surface area contributed by atoms with Crippen LogP contribution in [0.15, 0.2) is 93.9 Å². The number of allylic oxidation sites excluding steroid dienone is 1. The van der Waals surface area contributed by atoms with Gasteiger partial charge in [-0.25, -0.2) is 9.79 Å². The van der Waals surface area contributed by atoms with Gasteiger partial charge in [-0.05, 0) is 68.3 Å². The molecule has 1 aliphatic rings. The number of carbonyl (C=O) groups excluding carboxylic acids is 1. The van der Waals surface area contributed by atoms with E-state index in [0.717, 1.165) is 16.7 Å². The van der Waals surface area contributed by atoms with Gasteiger partial charge in [-0.2, -0.15) is 5.26 Å². The average molecular weight is 580 g/mol. The quantitative estimate of drug-likeness (QED) is 0.268. The second-order valence-corrected chi connectivity index (χ2v) is 10.4. The zero-order chi connectivity index (χ0) is 29.6. The van der Waals surface area contributed by atoms with Gasteiger partial charge in [0.05, 0.1) is 46.7 Å². The highest BCUT2D eigenvalue weighted by atomic mass is 32.1. The molecule has 2 heterocycles. The van der Waals surface area contributed by atoms with Crippen molar-refractivity contribution < 1.29 is 19.0 Å². The summed E-state index contributed by atoms with van der Waals surface area (Å²) in [5.41, 5.74) is 3.54. The minimum Gasteiger partial charge on any atom is -0.494 e. The number of nitrogens with zero attached hydrogens (tertiary/aromatic N) is 3. The lowest BCUT2D eigenvalue weighted by Gasteiger charge is -2.24. The minimum atomic E-state index is -0.707. The third kappa shape index (κ3) is 5.90. The standard InChI is InChI=1S/C33H29N3O5S/c1-4-39-26-16-14-24(15-17-26)30-29(32(38)40-5-2)21(3)35-33-36(30)31(37)28(42-33)18-25-8-6-7-9-27(25)41-20-23-12-10-22(19-34)11-13-23/h6-18,30H,4-5,20H2,1-3H3/b28-18-/t30-/m1/s1. The summed E-state index contributed by atoms with van der Waals surface area (Å²) < 4.78 is 19.1. The lowest BCUT2D eigenvalue weighted by molar-refractivity contribution is -0.139. The smallest absolute Gasteiger partial charge is 0.338 e. The first-order chi connectivity index (χ1) is 20.4. The topological polar surface area (TPSA) is 103 Å². The van der Waals surface area contributed by atoms with Crippen LogP contribution in [-0.4, -0.2) is 23.8 Å². The van der Waals surface area contributed by atoms with E-state index >= 15 is 0 Å². The molecule has 0 fully saturated rings. The predicted molar refractivity (Wildman–Crippen MR) is 160 cm³/mol. The Balaban J connectivity index is 1.56. The summed E-state index contributed by atoms with van der Waals surface area (Å²) >= 11 is 1.26. The molecule has 5 rings (SSSR count). The molecule has 0 bridgehead atoms. The van der Waals surface area contributed by atoms with Gasteiger partial charge in [-0.15, -0.1) is 0 Å². The van der Waals surface area contributed by atoms with Crippen molar-refractivity contribution in [3.8, 4) is 17.6 Å². The van der Waals surface area contributed by atoms with Crippen LogP contribution in [0.5, 0.6) is 11.5 Å². The molecule has 4 aromatic rings. The summed E-state index contributed by atoms with van der Waals surface area (Å²) in [6, 6.07) is 23.4. The Labute approximate surface area is 247 Å². The number of carbonyl (C=O) groups is 1. The number of hydrogen-bond donors (Lipinski definition) is 0. The van der Waals surface area contributed by atoms with Crippen LogP contribution in [0, 0.1) is 11.3 Å². The van der Waals surface area contributed by atoms with Gasteiger partial charge in [-0.3, -0.25) is 9.36 Å². The van der Waals surface area contributed by atoms with Crippen molar-refractivity contribution in [3.05, 3.63) is 126 Å². The molecule has 0 aliphatic carbocycles. The van der Waals surface area contributed by atoms with E-state index in [1.165, 1.54) is 11.3 Å². The van der Waals surface area contributed by atoms with Crippen molar-refractivity contribution in [1.82, 2.24) is 4.57 Å². The molecule has 42 heavy (non-hydrogen) atoms. The van der Waals surface area contributed by atoms with Gasteiger partial charge in [0.15, 0.2) is 4.80 Å². The molecule has 0 N–H and O–H groups in total. The molecule has 0 saturated carbocycles. The summed E-state index contributed by atoms with van der Waals surface area (Å²) in [5, 5.41) is 9.04. The minimum absolute atomic E-state index is 0.204. The molecule has 212 valence electrons. The van der Waals surface area contributed by atoms with E-state index in [2.05, 4.69) is 11.1 Å². The van der Waals surface area contributed by atoms with Crippen LogP contribution in [0.1, 0.15) is 49.1 Å². The summed E-state index contributed by atoms with van der Waals surface area (Å²) in [5.74, 6) is 0.803. The molecule has 0 amide bonds. The van der Waals surface area contributed by atoms with Crippen LogP contribution >= 0.6 is 11.3 Å². The first-order valence-corrected chi connectivity index (χ1v) is 14.4. The van der Waals surface area contributed by atoms with Crippen LogP contribution in [0.3, 0.4) is 0 Å². The molecule has 8 nitrogen and oxygen atoms in total. The van der Waals surface area contributed by atoms with Gasteiger partial charge in [0.25, 0.3) is 5.56 Å². The maximum Gasteiger partial charge on any atom is 0.338 e. The highest BCUT2D eigenvalue weighted by Gasteiger charge is 2.33. The van der Waals surface area contributed by atoms with Gasteiger partial charge >= 0.3 is 5.97 Å². The zero-order valence-electron chi connectivity index (χ0n) is 23.5. The zero-order valence-corrected chi connectivity index (χ0v) is 24.3. The maximum atomic E-state index is 14.0. The van der Waals surface area contributed by atoms with E-state index in [4.69, 9.17) is 19.5 Å². The van der Waals surface area contributed by atoms with Crippen LogP contribution in [0.25, 0.3) is 6.08 Å². The fourth-order valence-corrected chi connectivity index (χ4v) is 5.77. The summed E-state index contributed by atoms with van der Waals surface area (Å²) in [6.07, 6.45) is 1.79. The molecule has 3 aromatic carbocycles. The van der Waals surface area contributed by atoms with Crippen molar-refractivity contribution in [1.29, 1.82) is 5.26 Å². The largest absolute Gasteiger partial charge is 0.494 e. The number of benzene rings is 3. The Morgan fingerprint density at radius 1 is 1.02 bits per heavy atom. The Kier molecular flexibility index (Phi) is 8.65. The van der Waals surface area contributed by atoms with Crippen molar-refractivity contribution in [2.45, 2.75) is 33.4 Å². The van der Waals surface area contributed by atoms with E-state index < -0.39 is 12.0 Å². The number of aromatic nitrogens is 1.